The summed E-state index contributed by atoms with van der Waals surface area (Å²) in [5, 5.41) is 9.67. The third-order valence-corrected chi connectivity index (χ3v) is 0.878. The van der Waals surface area contributed by atoms with Crippen LogP contribution in [0.5, 0.6) is 0 Å². The first-order valence-electron chi connectivity index (χ1n) is 2.09. The molecule has 0 saturated heterocycles. The van der Waals surface area contributed by atoms with E-state index >= 15 is 0 Å². The Morgan fingerprint density at radius 3 is 3.38 bits per heavy atom. The van der Waals surface area contributed by atoms with Crippen LogP contribution in [0.2, 0.25) is 0 Å². The van der Waals surface area contributed by atoms with Crippen LogP contribution in [-0.2, 0) is 0 Å². The molecule has 37 valence electrons. The maximum absolute atomic E-state index is 3.62. The van der Waals surface area contributed by atoms with Crippen molar-refractivity contribution < 1.29 is 0 Å². The first kappa shape index (κ1) is 3.65. The molecule has 4 heteroatoms. The van der Waals surface area contributed by atoms with Gasteiger partial charge in [0.25, 0.3) is 0 Å². The van der Waals surface area contributed by atoms with Gasteiger partial charge < -0.3 is 0 Å². The summed E-state index contributed by atoms with van der Waals surface area (Å²) in [5.41, 5.74) is 4.98. The summed E-state index contributed by atoms with van der Waals surface area (Å²) in [6, 6.07) is 0. The minimum Gasteiger partial charge on any atom is -0.273 e. The number of fused-ring (bicyclic) bond motifs is 1. The van der Waals surface area contributed by atoms with E-state index in [0.29, 0.717) is 11.4 Å². The molecule has 0 saturated carbocycles. The number of rotatable bonds is 0. The van der Waals surface area contributed by atoms with Crippen molar-refractivity contribution in [3.63, 3.8) is 0 Å². The average molecular weight is 105 g/mol. The summed E-state index contributed by atoms with van der Waals surface area (Å²) in [6.07, 6.45) is 5.18. The van der Waals surface area contributed by atoms with E-state index in [9.17, 15) is 0 Å². The second-order valence-corrected chi connectivity index (χ2v) is 1.37. The van der Waals surface area contributed by atoms with Crippen LogP contribution >= 0.6 is 0 Å². The summed E-state index contributed by atoms with van der Waals surface area (Å²) >= 11 is 0. The predicted octanol–water partition coefficient (Wildman–Crippen LogP) is -0.330. The molecule has 1 aromatic heterocycles. The van der Waals surface area contributed by atoms with Crippen LogP contribution in [0.4, 0.5) is 5.69 Å². The second kappa shape index (κ2) is 1.09. The van der Waals surface area contributed by atoms with Crippen molar-refractivity contribution in [1.82, 2.24) is 15.6 Å². The monoisotopic (exact) mass is 105 g/mol. The third kappa shape index (κ3) is 0.294. The molecule has 1 aliphatic rings. The molecule has 0 aromatic carbocycles. The molecule has 8 heavy (non-hydrogen) atoms. The fourth-order valence-corrected chi connectivity index (χ4v) is 0.521. The molecule has 0 bridgehead atoms. The molecule has 0 atom stereocenters. The van der Waals surface area contributed by atoms with E-state index in [4.69, 9.17) is 0 Å². The Kier molecular flexibility index (Phi) is 0.498. The number of nitrogens with zero attached hydrogens (tertiary/aromatic N) is 3. The quantitative estimate of drug-likeness (QED) is 0.482. The fraction of sp³-hybridized carbons (Fsp3) is 0. The molecule has 0 fully saturated rings. The van der Waals surface area contributed by atoms with Gasteiger partial charge in [-0.1, -0.05) is 0 Å². The smallest absolute Gasteiger partial charge is 0.143 e. The third-order valence-electron chi connectivity index (χ3n) is 0.878. The predicted molar refractivity (Wildman–Crippen MR) is 25.8 cm³/mol. The zero-order valence-electron chi connectivity index (χ0n) is 3.84. The van der Waals surface area contributed by atoms with E-state index in [1.807, 2.05) is 0 Å². The van der Waals surface area contributed by atoms with Gasteiger partial charge in [-0.15, -0.1) is 10.5 Å². The second-order valence-electron chi connectivity index (χ2n) is 1.37. The zero-order valence-corrected chi connectivity index (χ0v) is 3.84. The Hall–Kier alpha value is -1.32. The minimum absolute atomic E-state index is 0.644. The van der Waals surface area contributed by atoms with E-state index in [1.165, 1.54) is 0 Å². The SMILES string of the molecule is [C]1=N[N]c2[c]n[nH]c21. The molecule has 0 aliphatic carbocycles. The molecular formula is C4HN4. The highest BCUT2D eigenvalue weighted by molar-refractivity contribution is 5.86. The first-order valence-corrected chi connectivity index (χ1v) is 2.09. The molecule has 4 nitrogen and oxygen atoms in total. The molecule has 0 spiro atoms. The van der Waals surface area contributed by atoms with Gasteiger partial charge in [-0.2, -0.15) is 5.10 Å². The van der Waals surface area contributed by atoms with Crippen molar-refractivity contribution in [2.75, 3.05) is 0 Å². The van der Waals surface area contributed by atoms with E-state index in [-0.39, 0.29) is 0 Å². The Bertz CT molecular complexity index is 224. The summed E-state index contributed by atoms with van der Waals surface area (Å²) in [6.45, 7) is 0. The summed E-state index contributed by atoms with van der Waals surface area (Å²) in [4.78, 5) is 0. The Morgan fingerprint density at radius 1 is 1.50 bits per heavy atom. The Labute approximate surface area is 45.6 Å². The van der Waals surface area contributed by atoms with Gasteiger partial charge in [0.2, 0.25) is 0 Å². The lowest BCUT2D eigenvalue weighted by atomic mass is 10.4. The van der Waals surface area contributed by atoms with Gasteiger partial charge in [-0.25, -0.2) is 0 Å². The lowest BCUT2D eigenvalue weighted by Crippen LogP contribution is -1.74. The number of nitrogens with one attached hydrogen (secondary N) is 1. The molecular weight excluding hydrogens is 104 g/mol. The van der Waals surface area contributed by atoms with Crippen molar-refractivity contribution >= 4 is 11.9 Å². The number of aromatic nitrogens is 2. The maximum Gasteiger partial charge on any atom is 0.143 e. The van der Waals surface area contributed by atoms with Crippen LogP contribution in [0.1, 0.15) is 5.69 Å². The fourth-order valence-electron chi connectivity index (χ4n) is 0.521. The van der Waals surface area contributed by atoms with Gasteiger partial charge in [0.15, 0.2) is 0 Å². The van der Waals surface area contributed by atoms with Crippen LogP contribution in [0.15, 0.2) is 5.10 Å². The maximum atomic E-state index is 3.62. The van der Waals surface area contributed by atoms with Gasteiger partial charge >= 0.3 is 0 Å². The van der Waals surface area contributed by atoms with E-state index in [2.05, 4.69) is 33.1 Å². The molecule has 2 heterocycles. The molecule has 3 radical (unpaired) electrons. The van der Waals surface area contributed by atoms with Crippen molar-refractivity contribution in [2.45, 2.75) is 0 Å². The van der Waals surface area contributed by atoms with Gasteiger partial charge in [0, 0.05) is 0 Å². The van der Waals surface area contributed by atoms with E-state index in [0.717, 1.165) is 0 Å². The minimum atomic E-state index is 0.644. The van der Waals surface area contributed by atoms with Crippen molar-refractivity contribution in [1.29, 1.82) is 0 Å². The number of H-pyrrole nitrogens is 1. The zero-order chi connectivity index (χ0) is 5.40. The molecule has 1 N–H and O–H groups in total. The van der Waals surface area contributed by atoms with Crippen LogP contribution < -0.4 is 5.43 Å². The van der Waals surface area contributed by atoms with Crippen LogP contribution in [0.3, 0.4) is 0 Å². The topological polar surface area (TPSA) is 55.1 Å². The number of aromatic amines is 1. The first-order chi connectivity index (χ1) is 3.97. The lowest BCUT2D eigenvalue weighted by molar-refractivity contribution is 0.985. The largest absolute Gasteiger partial charge is 0.273 e. The normalized spacial score (nSPS) is 13.5. The highest BCUT2D eigenvalue weighted by atomic mass is 15.3. The van der Waals surface area contributed by atoms with Gasteiger partial charge in [0.1, 0.15) is 23.8 Å². The molecule has 0 amide bonds. The van der Waals surface area contributed by atoms with Crippen LogP contribution in [0, 0.1) is 6.20 Å². The highest BCUT2D eigenvalue weighted by Gasteiger charge is 2.09. The molecule has 1 aromatic rings. The standard InChI is InChI=1S/C4HN4/c1-3-4(8-5-1)2-6-7-3/h(H,5,8). The molecule has 1 aliphatic heterocycles. The summed E-state index contributed by atoms with van der Waals surface area (Å²) in [7, 11) is 0. The van der Waals surface area contributed by atoms with Crippen molar-refractivity contribution in [3.05, 3.63) is 11.9 Å². The van der Waals surface area contributed by atoms with Crippen LogP contribution in [-0.4, -0.2) is 16.4 Å². The number of hydrogen-bond donors (Lipinski definition) is 1. The lowest BCUT2D eigenvalue weighted by Gasteiger charge is -1.74. The summed E-state index contributed by atoms with van der Waals surface area (Å²) in [5.74, 6) is 0. The van der Waals surface area contributed by atoms with Gasteiger partial charge in [-0.05, 0) is 0 Å². The van der Waals surface area contributed by atoms with Crippen molar-refractivity contribution in [3.8, 4) is 0 Å². The summed E-state index contributed by atoms with van der Waals surface area (Å²) < 4.78 is 0. The van der Waals surface area contributed by atoms with E-state index in [1.54, 1.807) is 0 Å². The molecule has 0 unspecified atom stereocenters. The number of hydrogen-bond acceptors (Lipinski definition) is 2. The average Bonchev–Trinajstić information content (AvgIpc) is 2.15. The van der Waals surface area contributed by atoms with Gasteiger partial charge in [-0.3, -0.25) is 5.10 Å². The highest BCUT2D eigenvalue weighted by Crippen LogP contribution is 2.12. The van der Waals surface area contributed by atoms with E-state index < -0.39 is 0 Å². The van der Waals surface area contributed by atoms with Crippen molar-refractivity contribution in [2.24, 2.45) is 5.10 Å². The van der Waals surface area contributed by atoms with Crippen LogP contribution in [0.25, 0.3) is 0 Å². The Balaban J connectivity index is 2.67. The Morgan fingerprint density at radius 2 is 2.50 bits per heavy atom. The van der Waals surface area contributed by atoms with Gasteiger partial charge in [0.05, 0.1) is 0 Å². The molecule has 2 rings (SSSR count).